The second-order valence-electron chi connectivity index (χ2n) is 7.14. The molecule has 0 saturated heterocycles. The summed E-state index contributed by atoms with van der Waals surface area (Å²) < 4.78 is 10.7. The predicted octanol–water partition coefficient (Wildman–Crippen LogP) is 4.41. The van der Waals surface area contributed by atoms with Gasteiger partial charge in [-0.05, 0) is 43.5 Å². The van der Waals surface area contributed by atoms with Crippen molar-refractivity contribution >= 4 is 45.8 Å². The number of thiazole rings is 1. The Morgan fingerprint density at radius 1 is 1.47 bits per heavy atom. The molecular weight excluding hydrogens is 448 g/mol. The number of fused-ring (bicyclic) bond motifs is 1. The summed E-state index contributed by atoms with van der Waals surface area (Å²) in [5, 5.41) is 18.5. The molecule has 4 rings (SSSR count). The van der Waals surface area contributed by atoms with Gasteiger partial charge in [0.2, 0.25) is 5.91 Å². The second kappa shape index (κ2) is 9.80. The Labute approximate surface area is 192 Å². The lowest BCUT2D eigenvalue weighted by Crippen LogP contribution is -2.31. The highest BCUT2D eigenvalue weighted by molar-refractivity contribution is 7.16. The molecule has 3 aromatic rings. The fraction of sp³-hybridized carbons (Fsp3) is 0.273. The van der Waals surface area contributed by atoms with E-state index in [1.807, 2.05) is 12.3 Å². The van der Waals surface area contributed by atoms with Crippen molar-refractivity contribution < 1.29 is 18.7 Å². The van der Waals surface area contributed by atoms with Crippen molar-refractivity contribution in [3.05, 3.63) is 62.3 Å². The molecule has 0 radical (unpaired) electrons. The van der Waals surface area contributed by atoms with E-state index < -0.39 is 6.09 Å². The van der Waals surface area contributed by atoms with Crippen molar-refractivity contribution in [1.29, 1.82) is 5.26 Å². The largest absolute Gasteiger partial charge is 0.465 e. The van der Waals surface area contributed by atoms with Crippen molar-refractivity contribution in [2.75, 3.05) is 5.32 Å². The third-order valence-corrected chi connectivity index (χ3v) is 6.86. The molecule has 0 saturated carbocycles. The molecule has 0 bridgehead atoms. The number of carbonyl (C=O) groups is 2. The van der Waals surface area contributed by atoms with Gasteiger partial charge in [0.25, 0.3) is 0 Å². The van der Waals surface area contributed by atoms with Gasteiger partial charge in [-0.1, -0.05) is 0 Å². The molecule has 0 spiro atoms. The van der Waals surface area contributed by atoms with Crippen LogP contribution in [0.4, 0.5) is 9.80 Å². The number of nitrogens with one attached hydrogen (secondary N) is 2. The van der Waals surface area contributed by atoms with Crippen LogP contribution in [0.1, 0.15) is 38.9 Å². The fourth-order valence-corrected chi connectivity index (χ4v) is 5.28. The van der Waals surface area contributed by atoms with Crippen LogP contribution < -0.4 is 10.6 Å². The van der Waals surface area contributed by atoms with E-state index in [2.05, 4.69) is 21.7 Å². The van der Waals surface area contributed by atoms with Crippen LogP contribution in [0, 0.1) is 18.3 Å². The van der Waals surface area contributed by atoms with Gasteiger partial charge in [0.05, 0.1) is 29.1 Å². The summed E-state index contributed by atoms with van der Waals surface area (Å²) in [7, 11) is 0. The van der Waals surface area contributed by atoms with Crippen molar-refractivity contribution in [3.8, 4) is 6.07 Å². The average molecular weight is 469 g/mol. The summed E-state index contributed by atoms with van der Waals surface area (Å²) in [6, 6.07) is 5.67. The Balaban J connectivity index is 1.35. The number of furan rings is 1. The molecule has 1 aliphatic carbocycles. The number of rotatable bonds is 6. The molecule has 164 valence electrons. The maximum atomic E-state index is 12.3. The smallest absolute Gasteiger partial charge is 0.407 e. The van der Waals surface area contributed by atoms with Crippen LogP contribution in [-0.2, 0) is 28.9 Å². The molecule has 32 heavy (non-hydrogen) atoms. The Bertz CT molecular complexity index is 1190. The van der Waals surface area contributed by atoms with Crippen LogP contribution in [-0.4, -0.2) is 23.1 Å². The first-order chi connectivity index (χ1) is 15.5. The van der Waals surface area contributed by atoms with E-state index in [0.717, 1.165) is 21.1 Å². The van der Waals surface area contributed by atoms with Crippen molar-refractivity contribution in [2.45, 2.75) is 38.8 Å². The van der Waals surface area contributed by atoms with Gasteiger partial charge >= 0.3 is 6.09 Å². The Morgan fingerprint density at radius 3 is 3.06 bits per heavy atom. The van der Waals surface area contributed by atoms with Crippen molar-refractivity contribution in [2.24, 2.45) is 0 Å². The van der Waals surface area contributed by atoms with E-state index in [0.29, 0.717) is 42.1 Å². The molecule has 0 aromatic carbocycles. The van der Waals surface area contributed by atoms with E-state index in [1.165, 1.54) is 35.0 Å². The van der Waals surface area contributed by atoms with Crippen molar-refractivity contribution in [1.82, 2.24) is 10.3 Å². The molecule has 8 nitrogen and oxygen atoms in total. The number of nitrogens with zero attached hydrogens (tertiary/aromatic N) is 2. The summed E-state index contributed by atoms with van der Waals surface area (Å²) in [4.78, 5) is 29.7. The van der Waals surface area contributed by atoms with Gasteiger partial charge in [-0.3, -0.25) is 4.79 Å². The minimum absolute atomic E-state index is 0.285. The fourth-order valence-electron chi connectivity index (χ4n) is 3.41. The lowest BCUT2D eigenvalue weighted by molar-refractivity contribution is -0.111. The first kappa shape index (κ1) is 21.8. The zero-order chi connectivity index (χ0) is 22.5. The van der Waals surface area contributed by atoms with Crippen LogP contribution in [0.2, 0.25) is 0 Å². The van der Waals surface area contributed by atoms with Gasteiger partial charge < -0.3 is 19.8 Å². The third kappa shape index (κ3) is 5.25. The number of amides is 2. The van der Waals surface area contributed by atoms with Gasteiger partial charge in [-0.2, -0.15) is 5.26 Å². The molecule has 1 unspecified atom stereocenters. The Morgan fingerprint density at radius 2 is 2.34 bits per heavy atom. The molecule has 0 aliphatic heterocycles. The first-order valence-electron chi connectivity index (χ1n) is 9.94. The number of alkyl carbamates (subject to hydrolysis) is 1. The summed E-state index contributed by atoms with van der Waals surface area (Å²) in [5.74, 6) is 0.218. The zero-order valence-electron chi connectivity index (χ0n) is 17.2. The highest BCUT2D eigenvalue weighted by atomic mass is 32.1. The van der Waals surface area contributed by atoms with Gasteiger partial charge in [0.15, 0.2) is 0 Å². The molecular formula is C22H20N4O4S2. The van der Waals surface area contributed by atoms with Gasteiger partial charge in [0.1, 0.15) is 22.9 Å². The van der Waals surface area contributed by atoms with Gasteiger partial charge in [-0.15, -0.1) is 22.7 Å². The van der Waals surface area contributed by atoms with E-state index in [9.17, 15) is 14.9 Å². The lowest BCUT2D eigenvalue weighted by Gasteiger charge is -2.22. The highest BCUT2D eigenvalue weighted by Crippen LogP contribution is 2.38. The number of carbonyl (C=O) groups excluding carboxylic acids is 2. The van der Waals surface area contributed by atoms with Crippen LogP contribution in [0.5, 0.6) is 0 Å². The molecule has 2 N–H and O–H groups in total. The highest BCUT2D eigenvalue weighted by Gasteiger charge is 2.28. The van der Waals surface area contributed by atoms with Crippen LogP contribution in [0.25, 0.3) is 6.08 Å². The predicted molar refractivity (Wildman–Crippen MR) is 121 cm³/mol. The quantitative estimate of drug-likeness (QED) is 0.518. The monoisotopic (exact) mass is 468 g/mol. The molecule has 10 heteroatoms. The minimum Gasteiger partial charge on any atom is -0.465 e. The number of anilines is 1. The second-order valence-corrected chi connectivity index (χ2v) is 9.31. The number of hydrogen-bond donors (Lipinski definition) is 2. The number of hydrogen-bond acceptors (Lipinski definition) is 8. The Kier molecular flexibility index (Phi) is 6.68. The van der Waals surface area contributed by atoms with Crippen LogP contribution >= 0.6 is 22.7 Å². The molecule has 1 aliphatic rings. The zero-order valence-corrected chi connectivity index (χ0v) is 18.8. The SMILES string of the molecule is Cc1nc(CNC(=O)OC2CCc3c(sc(NC(=O)/C=C/c4ccco4)c3C#N)C2)cs1. The summed E-state index contributed by atoms with van der Waals surface area (Å²) in [6.45, 7) is 2.23. The molecule has 1 atom stereocenters. The van der Waals surface area contributed by atoms with Crippen molar-refractivity contribution in [3.63, 3.8) is 0 Å². The average Bonchev–Trinajstić information content (AvgIpc) is 3.50. The van der Waals surface area contributed by atoms with Crippen LogP contribution in [0.3, 0.4) is 0 Å². The standard InChI is InChI=1S/C22H20N4O4S2/c1-13-25-14(12-31-13)11-24-22(28)30-16-4-6-17-18(10-23)21(32-19(17)9-16)26-20(27)7-5-15-3-2-8-29-15/h2-3,5,7-8,12,16H,4,6,9,11H2,1H3,(H,24,28)(H,26,27)/b7-5+. The first-order valence-corrected chi connectivity index (χ1v) is 11.6. The molecule has 0 fully saturated rings. The topological polar surface area (TPSA) is 117 Å². The number of aromatic nitrogens is 1. The summed E-state index contributed by atoms with van der Waals surface area (Å²) in [5.41, 5.74) is 2.20. The number of nitriles is 1. The van der Waals surface area contributed by atoms with Gasteiger partial charge in [0, 0.05) is 22.8 Å². The van der Waals surface area contributed by atoms with E-state index in [1.54, 1.807) is 18.2 Å². The summed E-state index contributed by atoms with van der Waals surface area (Å²) in [6.07, 6.45) is 5.41. The van der Waals surface area contributed by atoms with E-state index in [-0.39, 0.29) is 12.0 Å². The lowest BCUT2D eigenvalue weighted by atomic mass is 9.94. The van der Waals surface area contributed by atoms with E-state index >= 15 is 0 Å². The van der Waals surface area contributed by atoms with Gasteiger partial charge in [-0.25, -0.2) is 9.78 Å². The Hall–Kier alpha value is -3.42. The number of aryl methyl sites for hydroxylation is 1. The molecule has 2 amide bonds. The number of ether oxygens (including phenoxy) is 1. The third-order valence-electron chi connectivity index (χ3n) is 4.86. The number of thiophene rings is 1. The van der Waals surface area contributed by atoms with E-state index in [4.69, 9.17) is 9.15 Å². The molecule has 3 aromatic heterocycles. The minimum atomic E-state index is -0.488. The normalized spacial score (nSPS) is 15.2. The maximum Gasteiger partial charge on any atom is 0.407 e. The van der Waals surface area contributed by atoms with Crippen LogP contribution in [0.15, 0.2) is 34.3 Å². The maximum absolute atomic E-state index is 12.3. The molecule has 3 heterocycles. The summed E-state index contributed by atoms with van der Waals surface area (Å²) >= 11 is 2.88.